The van der Waals surface area contributed by atoms with Gasteiger partial charge < -0.3 is 9.80 Å². The summed E-state index contributed by atoms with van der Waals surface area (Å²) in [4.78, 5) is 5.11. The van der Waals surface area contributed by atoms with Crippen molar-refractivity contribution in [3.8, 4) is 100 Å². The van der Waals surface area contributed by atoms with Gasteiger partial charge >= 0.3 is 0 Å². The highest BCUT2D eigenvalue weighted by molar-refractivity contribution is 6.01. The van der Waals surface area contributed by atoms with Crippen molar-refractivity contribution in [3.63, 3.8) is 0 Å². The van der Waals surface area contributed by atoms with Crippen LogP contribution in [0.1, 0.15) is 97.2 Å². The minimum absolute atomic E-state index is 0.180. The van der Waals surface area contributed by atoms with Gasteiger partial charge in [-0.2, -0.15) is 0 Å². The Hall–Kier alpha value is -12.9. The quantitative estimate of drug-likeness (QED) is 0.107. The maximum Gasteiger partial charge on any atom is 0.0546 e. The van der Waals surface area contributed by atoms with Crippen LogP contribution < -0.4 is 9.80 Å². The molecule has 2 heteroatoms. The smallest absolute Gasteiger partial charge is 0.0546 e. The maximum absolute atomic E-state index is 2.56. The summed E-state index contributed by atoms with van der Waals surface area (Å²) in [6.07, 6.45) is 0.818. The Morgan fingerprint density at radius 2 is 0.541 bits per heavy atom. The first-order valence-corrected chi connectivity index (χ1v) is 38.6. The van der Waals surface area contributed by atoms with E-state index in [1.165, 1.54) is 156 Å². The van der Waals surface area contributed by atoms with Crippen LogP contribution in [-0.4, -0.2) is 0 Å². The summed E-state index contributed by atoms with van der Waals surface area (Å²) in [5.41, 5.74) is 41.0. The topological polar surface area (TPSA) is 6.48 Å². The summed E-state index contributed by atoms with van der Waals surface area (Å²) in [7, 11) is 0. The van der Waals surface area contributed by atoms with Gasteiger partial charge in [0.25, 0.3) is 0 Å². The summed E-state index contributed by atoms with van der Waals surface area (Å²) >= 11 is 0. The van der Waals surface area contributed by atoms with Gasteiger partial charge in [0.05, 0.1) is 11.4 Å². The van der Waals surface area contributed by atoms with Crippen molar-refractivity contribution >= 4 is 34.1 Å². The molecule has 0 bridgehead atoms. The zero-order valence-corrected chi connectivity index (χ0v) is 62.4. The summed E-state index contributed by atoms with van der Waals surface area (Å²) in [6, 6.07) is 142. The van der Waals surface area contributed by atoms with E-state index in [0.29, 0.717) is 0 Å². The first kappa shape index (κ1) is 65.6. The Bertz CT molecular complexity index is 6270. The van der Waals surface area contributed by atoms with Crippen LogP contribution in [0.25, 0.3) is 100 Å². The molecule has 4 aliphatic rings. The fourth-order valence-electron chi connectivity index (χ4n) is 19.5. The van der Waals surface area contributed by atoms with Gasteiger partial charge in [-0.15, -0.1) is 0 Å². The van der Waals surface area contributed by atoms with Crippen molar-refractivity contribution in [2.75, 3.05) is 9.80 Å². The number of anilines is 6. The van der Waals surface area contributed by atoms with Crippen molar-refractivity contribution in [2.45, 2.75) is 69.6 Å². The molecular weight excluding hydrogens is 1310 g/mol. The highest BCUT2D eigenvalue weighted by Gasteiger charge is 2.44. The lowest BCUT2D eigenvalue weighted by Crippen LogP contribution is -2.24. The molecule has 0 spiro atoms. The molecule has 0 saturated carbocycles. The largest absolute Gasteiger partial charge is 0.310 e. The van der Waals surface area contributed by atoms with Gasteiger partial charge in [-0.1, -0.05) is 344 Å². The van der Waals surface area contributed by atoms with Crippen LogP contribution in [0.15, 0.2) is 376 Å². The minimum Gasteiger partial charge on any atom is -0.310 e. The second-order valence-electron chi connectivity index (χ2n) is 31.8. The molecule has 16 aromatic carbocycles. The molecule has 4 aliphatic carbocycles. The molecule has 520 valence electrons. The third-order valence-electron chi connectivity index (χ3n) is 25.0. The monoisotopic (exact) mass is 1390 g/mol. The van der Waals surface area contributed by atoms with Gasteiger partial charge in [-0.05, 0) is 225 Å². The number of hydrogen-bond acceptors (Lipinski definition) is 2. The molecule has 0 aromatic heterocycles. The fourth-order valence-corrected chi connectivity index (χ4v) is 19.5. The lowest BCUT2D eigenvalue weighted by molar-refractivity contribution is 0.583. The zero-order chi connectivity index (χ0) is 73.3. The predicted molar refractivity (Wildman–Crippen MR) is 458 cm³/mol. The summed E-state index contributed by atoms with van der Waals surface area (Å²) < 4.78 is 0. The van der Waals surface area contributed by atoms with E-state index in [4.69, 9.17) is 0 Å². The van der Waals surface area contributed by atoms with E-state index < -0.39 is 5.41 Å². The molecule has 0 N–H and O–H groups in total. The molecule has 0 amide bonds. The van der Waals surface area contributed by atoms with Crippen LogP contribution in [0.3, 0.4) is 0 Å². The van der Waals surface area contributed by atoms with E-state index in [-0.39, 0.29) is 16.2 Å². The van der Waals surface area contributed by atoms with Gasteiger partial charge in [0.1, 0.15) is 0 Å². The van der Waals surface area contributed by atoms with Gasteiger partial charge in [0.2, 0.25) is 0 Å². The SMILES string of the molecule is CC1(C)c2ccccc2-c2ccc(N(c3ccc4c(c3)C(C)(C)c3cc(-c5ccc(CC6(C)c7ccccc7-c7ccc(N(c8ccc9c(c8)C(C)(c8ccccc8)c8ccccc8-9)c8cccc(-c9ccccc9)c8-c8ccccc8)cc76)cc5)ccc3-4)c3cccc(-c4ccccc4)c3-c3ccccc3)cc21. The number of hydrogen-bond donors (Lipinski definition) is 0. The molecule has 16 aromatic rings. The molecule has 0 radical (unpaired) electrons. The van der Waals surface area contributed by atoms with E-state index in [2.05, 4.69) is 427 Å². The fraction of sp³-hybridized carbons (Fsp3) is 0.103. The van der Waals surface area contributed by atoms with E-state index in [0.717, 1.165) is 40.5 Å². The third kappa shape index (κ3) is 10.4. The molecule has 0 heterocycles. The summed E-state index contributed by atoms with van der Waals surface area (Å²) in [5.74, 6) is 0. The number of rotatable bonds is 14. The van der Waals surface area contributed by atoms with E-state index >= 15 is 0 Å². The van der Waals surface area contributed by atoms with Crippen LogP contribution in [0.4, 0.5) is 34.1 Å². The normalized spacial score (nSPS) is 16.1. The zero-order valence-electron chi connectivity index (χ0n) is 62.4. The Balaban J connectivity index is 0.669. The second-order valence-corrected chi connectivity index (χ2v) is 31.8. The maximum atomic E-state index is 2.56. The third-order valence-corrected chi connectivity index (χ3v) is 25.0. The molecule has 109 heavy (non-hydrogen) atoms. The first-order chi connectivity index (χ1) is 53.3. The summed E-state index contributed by atoms with van der Waals surface area (Å²) in [6.45, 7) is 14.5. The standard InChI is InChI=1S/C107H82N2/c1-104(2)92-45-25-22-40-84(92)88-60-55-78(65-96(88)104)108(100-48-28-43-82(72-30-12-7-13-31-72)102(100)74-34-16-9-17-35-74)79-56-61-89-87-59-54-76(64-95(87)105(3,4)97(89)66-79)71-52-50-70(51-53-71)69-106(5)93-46-26-23-41-85(93)90-62-57-80(67-98(90)106)109(101-49-29-44-83(73-32-14-8-15-33-73)103(101)75-36-18-10-19-37-75)81-58-63-91-86-42-24-27-47-94(86)107(6,99(91)68-81)77-38-20-11-21-39-77/h7-68H,69H2,1-6H3. The lowest BCUT2D eigenvalue weighted by atomic mass is 9.74. The Kier molecular flexibility index (Phi) is 15.3. The minimum atomic E-state index is -0.392. The van der Waals surface area contributed by atoms with Crippen molar-refractivity contribution in [2.24, 2.45) is 0 Å². The van der Waals surface area contributed by atoms with Crippen LogP contribution >= 0.6 is 0 Å². The molecule has 2 unspecified atom stereocenters. The summed E-state index contributed by atoms with van der Waals surface area (Å²) in [5, 5.41) is 0. The van der Waals surface area contributed by atoms with Crippen molar-refractivity contribution in [3.05, 3.63) is 432 Å². The van der Waals surface area contributed by atoms with Crippen LogP contribution in [0.5, 0.6) is 0 Å². The van der Waals surface area contributed by atoms with Crippen LogP contribution in [0, 0.1) is 0 Å². The van der Waals surface area contributed by atoms with Crippen molar-refractivity contribution in [1.82, 2.24) is 0 Å². The van der Waals surface area contributed by atoms with Crippen molar-refractivity contribution in [1.29, 1.82) is 0 Å². The highest BCUT2D eigenvalue weighted by atomic mass is 15.2. The average molecular weight is 1400 g/mol. The Labute approximate surface area is 641 Å². The van der Waals surface area contributed by atoms with E-state index in [1.54, 1.807) is 0 Å². The molecule has 20 rings (SSSR count). The van der Waals surface area contributed by atoms with E-state index in [9.17, 15) is 0 Å². The lowest BCUT2D eigenvalue weighted by Gasteiger charge is -2.33. The average Bonchev–Trinajstić information content (AvgIpc) is 1.63. The number of nitrogens with zero attached hydrogens (tertiary/aromatic N) is 2. The van der Waals surface area contributed by atoms with Crippen LogP contribution in [-0.2, 0) is 28.1 Å². The predicted octanol–water partition coefficient (Wildman–Crippen LogP) is 28.4. The molecular formula is C107H82N2. The molecule has 2 nitrogen and oxygen atoms in total. The molecule has 0 aliphatic heterocycles. The van der Waals surface area contributed by atoms with Gasteiger partial charge in [0.15, 0.2) is 0 Å². The number of benzene rings is 16. The Morgan fingerprint density at radius 3 is 1.04 bits per heavy atom. The van der Waals surface area contributed by atoms with E-state index in [1.807, 2.05) is 0 Å². The highest BCUT2D eigenvalue weighted by Crippen LogP contribution is 2.59. The van der Waals surface area contributed by atoms with Gasteiger partial charge in [-0.25, -0.2) is 0 Å². The van der Waals surface area contributed by atoms with Gasteiger partial charge in [0, 0.05) is 55.5 Å². The Morgan fingerprint density at radius 1 is 0.211 bits per heavy atom. The second kappa shape index (κ2) is 25.4. The van der Waals surface area contributed by atoms with Crippen molar-refractivity contribution < 1.29 is 0 Å². The molecule has 2 atom stereocenters. The van der Waals surface area contributed by atoms with Gasteiger partial charge in [-0.3, -0.25) is 0 Å². The first-order valence-electron chi connectivity index (χ1n) is 38.6. The van der Waals surface area contributed by atoms with Crippen LogP contribution in [0.2, 0.25) is 0 Å². The molecule has 0 saturated heterocycles. The number of fused-ring (bicyclic) bond motifs is 12. The molecule has 0 fully saturated rings.